The maximum Gasteiger partial charge on any atom is 0.142 e. The maximum atomic E-state index is 10.0. The molecule has 0 radical (unpaired) electrons. The van der Waals surface area contributed by atoms with Crippen molar-refractivity contribution in [2.24, 2.45) is 0 Å². The molecule has 0 N–H and O–H groups in total. The third-order valence-corrected chi connectivity index (χ3v) is 2.46. The summed E-state index contributed by atoms with van der Waals surface area (Å²) in [5.41, 5.74) is 3.08. The van der Waals surface area contributed by atoms with Crippen LogP contribution < -0.4 is 0 Å². The van der Waals surface area contributed by atoms with Crippen LogP contribution in [0.2, 0.25) is 0 Å². The van der Waals surface area contributed by atoms with Crippen LogP contribution in [0, 0.1) is 0 Å². The molecule has 1 aliphatic rings. The topological polar surface area (TPSA) is 17.1 Å². The molecule has 0 spiro atoms. The number of carbonyl (C=O) groups is 1. The molecule has 1 rings (SSSR count). The zero-order chi connectivity index (χ0) is 8.81. The molecule has 1 heteroatoms. The van der Waals surface area contributed by atoms with Gasteiger partial charge in [0.05, 0.1) is 0 Å². The van der Waals surface area contributed by atoms with E-state index in [1.807, 2.05) is 6.08 Å². The predicted octanol–water partition coefficient (Wildman–Crippen LogP) is 3.02. The lowest BCUT2D eigenvalue weighted by molar-refractivity contribution is -0.104. The third kappa shape index (κ3) is 2.65. The van der Waals surface area contributed by atoms with E-state index in [4.69, 9.17) is 0 Å². The number of rotatable bonds is 3. The molecule has 12 heavy (non-hydrogen) atoms. The van der Waals surface area contributed by atoms with Crippen molar-refractivity contribution in [1.29, 1.82) is 0 Å². The first-order valence-electron chi connectivity index (χ1n) is 4.62. The Hall–Kier alpha value is -0.850. The van der Waals surface area contributed by atoms with Crippen LogP contribution in [0.15, 0.2) is 23.3 Å². The summed E-state index contributed by atoms with van der Waals surface area (Å²) in [6, 6.07) is 0. The Bertz CT molecular complexity index is 211. The van der Waals surface area contributed by atoms with Crippen molar-refractivity contribution in [2.45, 2.75) is 39.0 Å². The van der Waals surface area contributed by atoms with Gasteiger partial charge in [-0.25, -0.2) is 0 Å². The fourth-order valence-corrected chi connectivity index (χ4v) is 1.66. The summed E-state index contributed by atoms with van der Waals surface area (Å²) in [5, 5.41) is 0. The quantitative estimate of drug-likeness (QED) is 0.356. The summed E-state index contributed by atoms with van der Waals surface area (Å²) in [7, 11) is 0. The predicted molar refractivity (Wildman–Crippen MR) is 51.0 cm³/mol. The summed E-state index contributed by atoms with van der Waals surface area (Å²) in [4.78, 5) is 10.0. The standard InChI is InChI=1S/C11H16O/c1-10-6-2-3-7-11(10)8-4-5-9-12/h4-5,9H,2-3,6-8H2,1H3/b5-4+. The van der Waals surface area contributed by atoms with Gasteiger partial charge in [0.1, 0.15) is 6.29 Å². The van der Waals surface area contributed by atoms with Crippen LogP contribution in [-0.4, -0.2) is 6.29 Å². The molecule has 66 valence electrons. The van der Waals surface area contributed by atoms with E-state index >= 15 is 0 Å². The molecule has 0 fully saturated rings. The zero-order valence-electron chi connectivity index (χ0n) is 7.68. The second kappa shape index (κ2) is 4.91. The van der Waals surface area contributed by atoms with Crippen molar-refractivity contribution in [2.75, 3.05) is 0 Å². The number of hydrogen-bond donors (Lipinski definition) is 0. The average molecular weight is 164 g/mol. The molecular formula is C11H16O. The van der Waals surface area contributed by atoms with Gasteiger partial charge in [-0.05, 0) is 45.1 Å². The summed E-state index contributed by atoms with van der Waals surface area (Å²) >= 11 is 0. The summed E-state index contributed by atoms with van der Waals surface area (Å²) in [5.74, 6) is 0. The second-order valence-corrected chi connectivity index (χ2v) is 3.36. The van der Waals surface area contributed by atoms with Gasteiger partial charge in [0, 0.05) is 0 Å². The number of aldehydes is 1. The second-order valence-electron chi connectivity index (χ2n) is 3.36. The first-order valence-corrected chi connectivity index (χ1v) is 4.62. The molecule has 0 unspecified atom stereocenters. The molecule has 0 aromatic rings. The highest BCUT2D eigenvalue weighted by Gasteiger charge is 2.06. The fraction of sp³-hybridized carbons (Fsp3) is 0.545. The normalized spacial score (nSPS) is 18.8. The zero-order valence-corrected chi connectivity index (χ0v) is 7.68. The van der Waals surface area contributed by atoms with Gasteiger partial charge in [0.15, 0.2) is 0 Å². The summed E-state index contributed by atoms with van der Waals surface area (Å²) in [6.07, 6.45) is 10.5. The van der Waals surface area contributed by atoms with E-state index < -0.39 is 0 Å². The molecule has 0 atom stereocenters. The van der Waals surface area contributed by atoms with Crippen molar-refractivity contribution in [3.05, 3.63) is 23.3 Å². The van der Waals surface area contributed by atoms with Crippen LogP contribution in [0.1, 0.15) is 39.0 Å². The van der Waals surface area contributed by atoms with E-state index in [1.165, 1.54) is 31.3 Å². The number of hydrogen-bond acceptors (Lipinski definition) is 1. The van der Waals surface area contributed by atoms with Crippen molar-refractivity contribution in [1.82, 2.24) is 0 Å². The highest BCUT2D eigenvalue weighted by atomic mass is 16.1. The third-order valence-electron chi connectivity index (χ3n) is 2.46. The monoisotopic (exact) mass is 164 g/mol. The minimum Gasteiger partial charge on any atom is -0.299 e. The Labute approximate surface area is 74.2 Å². The van der Waals surface area contributed by atoms with Crippen molar-refractivity contribution in [3.63, 3.8) is 0 Å². The van der Waals surface area contributed by atoms with Gasteiger partial charge in [-0.2, -0.15) is 0 Å². The molecule has 1 aliphatic carbocycles. The molecule has 0 heterocycles. The Morgan fingerprint density at radius 2 is 2.08 bits per heavy atom. The van der Waals surface area contributed by atoms with Crippen molar-refractivity contribution >= 4 is 6.29 Å². The molecule has 0 aromatic heterocycles. The Kier molecular flexibility index (Phi) is 3.78. The highest BCUT2D eigenvalue weighted by Crippen LogP contribution is 2.26. The number of carbonyl (C=O) groups excluding carboxylic acids is 1. The Balaban J connectivity index is 2.48. The average Bonchev–Trinajstić information content (AvgIpc) is 2.09. The van der Waals surface area contributed by atoms with Crippen LogP contribution in [0.4, 0.5) is 0 Å². The van der Waals surface area contributed by atoms with Gasteiger partial charge in [-0.1, -0.05) is 17.2 Å². The first-order chi connectivity index (χ1) is 5.84. The van der Waals surface area contributed by atoms with E-state index in [9.17, 15) is 4.79 Å². The molecule has 0 saturated heterocycles. The van der Waals surface area contributed by atoms with Gasteiger partial charge in [-0.15, -0.1) is 0 Å². The lowest BCUT2D eigenvalue weighted by atomic mass is 9.91. The van der Waals surface area contributed by atoms with Gasteiger partial charge in [-0.3, -0.25) is 4.79 Å². The van der Waals surface area contributed by atoms with Crippen LogP contribution in [0.5, 0.6) is 0 Å². The molecule has 0 saturated carbocycles. The van der Waals surface area contributed by atoms with Gasteiger partial charge < -0.3 is 0 Å². The van der Waals surface area contributed by atoms with Gasteiger partial charge in [0.25, 0.3) is 0 Å². The highest BCUT2D eigenvalue weighted by molar-refractivity contribution is 5.64. The van der Waals surface area contributed by atoms with Crippen molar-refractivity contribution in [3.8, 4) is 0 Å². The van der Waals surface area contributed by atoms with Crippen LogP contribution in [0.25, 0.3) is 0 Å². The van der Waals surface area contributed by atoms with Crippen LogP contribution in [-0.2, 0) is 4.79 Å². The molecule has 0 aromatic carbocycles. The van der Waals surface area contributed by atoms with Gasteiger partial charge in [0.2, 0.25) is 0 Å². The minimum atomic E-state index is 0.846. The largest absolute Gasteiger partial charge is 0.299 e. The van der Waals surface area contributed by atoms with Crippen molar-refractivity contribution < 1.29 is 4.79 Å². The lowest BCUT2D eigenvalue weighted by Crippen LogP contribution is -1.96. The minimum absolute atomic E-state index is 0.846. The molecule has 0 amide bonds. The first kappa shape index (κ1) is 9.24. The molecule has 1 nitrogen and oxygen atoms in total. The van der Waals surface area contributed by atoms with E-state index in [2.05, 4.69) is 6.92 Å². The van der Waals surface area contributed by atoms with E-state index in [1.54, 1.807) is 11.6 Å². The smallest absolute Gasteiger partial charge is 0.142 e. The molecule has 0 bridgehead atoms. The van der Waals surface area contributed by atoms with Gasteiger partial charge >= 0.3 is 0 Å². The summed E-state index contributed by atoms with van der Waals surface area (Å²) in [6.45, 7) is 2.21. The summed E-state index contributed by atoms with van der Waals surface area (Å²) < 4.78 is 0. The molecule has 0 aliphatic heterocycles. The SMILES string of the molecule is CC1=C(C/C=C/C=O)CCCC1. The fourth-order valence-electron chi connectivity index (χ4n) is 1.66. The maximum absolute atomic E-state index is 10.0. The Morgan fingerprint density at radius 1 is 1.33 bits per heavy atom. The van der Waals surface area contributed by atoms with Crippen LogP contribution in [0.3, 0.4) is 0 Å². The number of allylic oxidation sites excluding steroid dienone is 4. The lowest BCUT2D eigenvalue weighted by Gasteiger charge is -2.15. The van der Waals surface area contributed by atoms with Crippen LogP contribution >= 0.6 is 0 Å². The van der Waals surface area contributed by atoms with E-state index in [-0.39, 0.29) is 0 Å². The molecular weight excluding hydrogens is 148 g/mol. The Morgan fingerprint density at radius 3 is 2.75 bits per heavy atom. The van der Waals surface area contributed by atoms with E-state index in [0.717, 1.165) is 12.7 Å². The van der Waals surface area contributed by atoms with E-state index in [0.29, 0.717) is 0 Å².